The fraction of sp³-hybridized carbons (Fsp3) is 0.385. The maximum absolute atomic E-state index is 13.9. The van der Waals surface area contributed by atoms with Crippen molar-refractivity contribution in [3.05, 3.63) is 28.2 Å². The smallest absolute Gasteiger partial charge is 0.407 e. The number of hydrogen-bond donors (Lipinski definition) is 1. The van der Waals surface area contributed by atoms with Gasteiger partial charge in [-0.2, -0.15) is 5.26 Å². The monoisotopic (exact) mass is 342 g/mol. The summed E-state index contributed by atoms with van der Waals surface area (Å²) in [5.74, 6) is 0.312. The molecule has 1 aromatic rings. The van der Waals surface area contributed by atoms with E-state index in [0.717, 1.165) is 9.37 Å². The highest BCUT2D eigenvalue weighted by molar-refractivity contribution is 9.10. The van der Waals surface area contributed by atoms with Gasteiger partial charge in [0.05, 0.1) is 12.1 Å². The molecule has 0 radical (unpaired) electrons. The molecule has 1 amide bonds. The Balaban J connectivity index is 2.08. The van der Waals surface area contributed by atoms with E-state index in [4.69, 9.17) is 15.1 Å². The SMILES string of the molecule is N#Cc1cc(Br)ccc1O[C@H]1CCN(C(=O)O)C[C@H]1F. The van der Waals surface area contributed by atoms with E-state index in [9.17, 15) is 9.18 Å². The van der Waals surface area contributed by atoms with E-state index in [1.165, 1.54) is 0 Å². The molecule has 106 valence electrons. The van der Waals surface area contributed by atoms with Crippen LogP contribution in [0.15, 0.2) is 22.7 Å². The highest BCUT2D eigenvalue weighted by Crippen LogP contribution is 2.26. The summed E-state index contributed by atoms with van der Waals surface area (Å²) in [5.41, 5.74) is 0.312. The number of nitriles is 1. The van der Waals surface area contributed by atoms with E-state index in [1.807, 2.05) is 6.07 Å². The van der Waals surface area contributed by atoms with Crippen LogP contribution in [0.3, 0.4) is 0 Å². The number of piperidine rings is 1. The van der Waals surface area contributed by atoms with E-state index < -0.39 is 18.4 Å². The molecule has 7 heteroatoms. The van der Waals surface area contributed by atoms with Gasteiger partial charge in [0.15, 0.2) is 6.17 Å². The number of alkyl halides is 1. The average Bonchev–Trinajstić information content (AvgIpc) is 2.42. The zero-order valence-corrected chi connectivity index (χ0v) is 12.0. The van der Waals surface area contributed by atoms with Crippen molar-refractivity contribution < 1.29 is 19.0 Å². The lowest BCUT2D eigenvalue weighted by Gasteiger charge is -2.33. The molecule has 0 unspecified atom stereocenters. The Hall–Kier alpha value is -1.81. The van der Waals surface area contributed by atoms with Crippen LogP contribution in [0.5, 0.6) is 5.75 Å². The zero-order valence-electron chi connectivity index (χ0n) is 10.4. The molecule has 1 saturated heterocycles. The van der Waals surface area contributed by atoms with Crippen molar-refractivity contribution >= 4 is 22.0 Å². The number of ether oxygens (including phenoxy) is 1. The van der Waals surface area contributed by atoms with Crippen LogP contribution in [0, 0.1) is 11.3 Å². The first-order chi connectivity index (χ1) is 9.51. The normalized spacial score (nSPS) is 22.1. The van der Waals surface area contributed by atoms with Crippen LogP contribution >= 0.6 is 15.9 Å². The highest BCUT2D eigenvalue weighted by atomic mass is 79.9. The summed E-state index contributed by atoms with van der Waals surface area (Å²) in [6.07, 6.45) is -3.02. The van der Waals surface area contributed by atoms with Gasteiger partial charge >= 0.3 is 6.09 Å². The van der Waals surface area contributed by atoms with E-state index in [2.05, 4.69) is 15.9 Å². The first kappa shape index (κ1) is 14.6. The van der Waals surface area contributed by atoms with Crippen LogP contribution in [0.1, 0.15) is 12.0 Å². The van der Waals surface area contributed by atoms with Crippen molar-refractivity contribution in [2.24, 2.45) is 0 Å². The molecule has 1 fully saturated rings. The van der Waals surface area contributed by atoms with Crippen LogP contribution in [-0.4, -0.2) is 41.5 Å². The molecule has 1 N–H and O–H groups in total. The van der Waals surface area contributed by atoms with Crippen LogP contribution in [0.2, 0.25) is 0 Å². The Morgan fingerprint density at radius 2 is 2.35 bits per heavy atom. The second-order valence-corrected chi connectivity index (χ2v) is 5.36. The summed E-state index contributed by atoms with van der Waals surface area (Å²) in [6, 6.07) is 6.88. The first-order valence-electron chi connectivity index (χ1n) is 5.99. The Bertz CT molecular complexity index is 561. The van der Waals surface area contributed by atoms with Gasteiger partial charge < -0.3 is 14.7 Å². The molecule has 1 aliphatic heterocycles. The molecule has 20 heavy (non-hydrogen) atoms. The fourth-order valence-corrected chi connectivity index (χ4v) is 2.41. The number of amides is 1. The van der Waals surface area contributed by atoms with Crippen LogP contribution in [0.25, 0.3) is 0 Å². The summed E-state index contributed by atoms with van der Waals surface area (Å²) in [6.45, 7) is 0.0112. The van der Waals surface area contributed by atoms with E-state index in [1.54, 1.807) is 18.2 Å². The van der Waals surface area contributed by atoms with Gasteiger partial charge in [0, 0.05) is 17.4 Å². The van der Waals surface area contributed by atoms with Gasteiger partial charge in [0.1, 0.15) is 17.9 Å². The molecule has 0 spiro atoms. The lowest BCUT2D eigenvalue weighted by molar-refractivity contribution is 0.0247. The van der Waals surface area contributed by atoms with Gasteiger partial charge in [-0.25, -0.2) is 9.18 Å². The van der Waals surface area contributed by atoms with Crippen molar-refractivity contribution in [1.29, 1.82) is 5.26 Å². The molecule has 0 aromatic heterocycles. The third-order valence-corrected chi connectivity index (χ3v) is 3.59. The van der Waals surface area contributed by atoms with Crippen molar-refractivity contribution in [2.45, 2.75) is 18.7 Å². The van der Waals surface area contributed by atoms with Crippen LogP contribution in [-0.2, 0) is 0 Å². The molecule has 2 rings (SSSR count). The minimum absolute atomic E-state index is 0.210. The van der Waals surface area contributed by atoms with Gasteiger partial charge in [-0.1, -0.05) is 15.9 Å². The van der Waals surface area contributed by atoms with Crippen molar-refractivity contribution in [1.82, 2.24) is 4.90 Å². The van der Waals surface area contributed by atoms with E-state index >= 15 is 0 Å². The molecular formula is C13H12BrFN2O3. The van der Waals surface area contributed by atoms with Gasteiger partial charge in [-0.05, 0) is 18.2 Å². The minimum Gasteiger partial charge on any atom is -0.486 e. The number of nitrogens with zero attached hydrogens (tertiary/aromatic N) is 2. The maximum atomic E-state index is 13.9. The van der Waals surface area contributed by atoms with Crippen molar-refractivity contribution in [3.8, 4) is 11.8 Å². The second kappa shape index (κ2) is 6.09. The van der Waals surface area contributed by atoms with Gasteiger partial charge in [0.25, 0.3) is 0 Å². The number of carbonyl (C=O) groups is 1. The Labute approximate surface area is 123 Å². The number of hydrogen-bond acceptors (Lipinski definition) is 3. The molecule has 0 bridgehead atoms. The minimum atomic E-state index is -1.41. The Kier molecular flexibility index (Phi) is 4.45. The number of benzene rings is 1. The predicted molar refractivity (Wildman–Crippen MR) is 72.4 cm³/mol. The third-order valence-electron chi connectivity index (χ3n) is 3.09. The van der Waals surface area contributed by atoms with Crippen LogP contribution in [0.4, 0.5) is 9.18 Å². The standard InChI is InChI=1S/C13H12BrFN2O3/c14-9-1-2-11(8(5-9)6-16)20-12-3-4-17(13(18)19)7-10(12)15/h1-2,5,10,12H,3-4,7H2,(H,18,19)/t10-,12+/m1/s1. The summed E-state index contributed by atoms with van der Waals surface area (Å²) in [7, 11) is 0. The quantitative estimate of drug-likeness (QED) is 0.896. The number of rotatable bonds is 2. The van der Waals surface area contributed by atoms with E-state index in [-0.39, 0.29) is 19.5 Å². The Morgan fingerprint density at radius 1 is 1.60 bits per heavy atom. The molecule has 1 aliphatic rings. The molecule has 0 aliphatic carbocycles. The van der Waals surface area contributed by atoms with E-state index in [0.29, 0.717) is 11.3 Å². The lowest BCUT2D eigenvalue weighted by Crippen LogP contribution is -2.48. The first-order valence-corrected chi connectivity index (χ1v) is 6.79. The molecule has 1 aromatic carbocycles. The molecule has 1 heterocycles. The molecule has 0 saturated carbocycles. The summed E-state index contributed by atoms with van der Waals surface area (Å²) in [4.78, 5) is 11.8. The largest absolute Gasteiger partial charge is 0.486 e. The van der Waals surface area contributed by atoms with Crippen molar-refractivity contribution in [2.75, 3.05) is 13.1 Å². The maximum Gasteiger partial charge on any atom is 0.407 e. The zero-order chi connectivity index (χ0) is 14.7. The summed E-state index contributed by atoms with van der Waals surface area (Å²) >= 11 is 3.25. The topological polar surface area (TPSA) is 73.6 Å². The van der Waals surface area contributed by atoms with Crippen molar-refractivity contribution in [3.63, 3.8) is 0 Å². The van der Waals surface area contributed by atoms with Gasteiger partial charge in [0.2, 0.25) is 0 Å². The molecule has 5 nitrogen and oxygen atoms in total. The van der Waals surface area contributed by atoms with Gasteiger partial charge in [-0.15, -0.1) is 0 Å². The number of carboxylic acid groups (broad SMARTS) is 1. The highest BCUT2D eigenvalue weighted by Gasteiger charge is 2.33. The third kappa shape index (κ3) is 3.20. The predicted octanol–water partition coefficient (Wildman–Crippen LogP) is 2.79. The second-order valence-electron chi connectivity index (χ2n) is 4.44. The summed E-state index contributed by atoms with van der Waals surface area (Å²) in [5, 5.41) is 17.8. The van der Waals surface area contributed by atoms with Crippen LogP contribution < -0.4 is 4.74 Å². The Morgan fingerprint density at radius 3 is 2.95 bits per heavy atom. The molecular weight excluding hydrogens is 331 g/mol. The number of halogens is 2. The summed E-state index contributed by atoms with van der Waals surface area (Å²) < 4.78 is 20.2. The molecule has 2 atom stereocenters. The van der Waals surface area contributed by atoms with Gasteiger partial charge in [-0.3, -0.25) is 0 Å². The average molecular weight is 343 g/mol. The fourth-order valence-electron chi connectivity index (χ4n) is 2.05. The number of likely N-dealkylation sites (tertiary alicyclic amines) is 1. The lowest BCUT2D eigenvalue weighted by atomic mass is 10.1.